The van der Waals surface area contributed by atoms with Crippen LogP contribution in [-0.2, 0) is 16.1 Å². The summed E-state index contributed by atoms with van der Waals surface area (Å²) in [5.74, 6) is -0.347. The fraction of sp³-hybridized carbons (Fsp3) is 0.357. The van der Waals surface area contributed by atoms with Gasteiger partial charge in [-0.1, -0.05) is 42.5 Å². The normalized spacial score (nSPS) is 19.5. The number of likely N-dealkylation sites (tertiary alicyclic amines) is 2. The molecule has 7 heteroatoms. The van der Waals surface area contributed by atoms with Crippen molar-refractivity contribution in [3.8, 4) is 0 Å². The molecular weight excluding hydrogens is 440 g/mol. The van der Waals surface area contributed by atoms with Gasteiger partial charge < -0.3 is 5.32 Å². The van der Waals surface area contributed by atoms with Crippen LogP contribution in [0.25, 0.3) is 10.9 Å². The van der Waals surface area contributed by atoms with Crippen molar-refractivity contribution in [3.63, 3.8) is 0 Å². The van der Waals surface area contributed by atoms with E-state index in [9.17, 15) is 14.4 Å². The Bertz CT molecular complexity index is 1280. The van der Waals surface area contributed by atoms with Crippen molar-refractivity contribution in [2.24, 2.45) is 0 Å². The van der Waals surface area contributed by atoms with Crippen molar-refractivity contribution in [1.82, 2.24) is 20.1 Å². The number of pyridine rings is 1. The fourth-order valence-electron chi connectivity index (χ4n) is 5.10. The number of hydrogen-bond acceptors (Lipinski definition) is 5. The molecule has 2 fully saturated rings. The first kappa shape index (κ1) is 23.2. The Balaban J connectivity index is 1.19. The van der Waals surface area contributed by atoms with E-state index in [1.807, 2.05) is 68.4 Å². The highest BCUT2D eigenvalue weighted by Gasteiger charge is 2.42. The number of carbonyl (C=O) groups is 3. The number of amides is 3. The average molecular weight is 471 g/mol. The SMILES string of the molecule is Cc1ccc2cc(C(=O)NC3CCN([C@H]4CC(=O)N(Cc5ccccc5)C4=O)CC3)c(C)nc2c1. The monoisotopic (exact) mass is 470 g/mol. The number of aromatic nitrogens is 1. The summed E-state index contributed by atoms with van der Waals surface area (Å²) < 4.78 is 0. The van der Waals surface area contributed by atoms with Crippen molar-refractivity contribution in [2.75, 3.05) is 13.1 Å². The second-order valence-electron chi connectivity index (χ2n) is 9.62. The molecule has 0 bridgehead atoms. The Morgan fingerprint density at radius 2 is 1.77 bits per heavy atom. The Kier molecular flexibility index (Phi) is 6.34. The summed E-state index contributed by atoms with van der Waals surface area (Å²) in [5.41, 5.74) is 4.29. The van der Waals surface area contributed by atoms with Gasteiger partial charge in [-0.3, -0.25) is 29.2 Å². The van der Waals surface area contributed by atoms with Gasteiger partial charge in [-0.05, 0) is 49.9 Å². The molecule has 3 amide bonds. The van der Waals surface area contributed by atoms with Gasteiger partial charge in [0, 0.05) is 24.5 Å². The Morgan fingerprint density at radius 1 is 1.03 bits per heavy atom. The van der Waals surface area contributed by atoms with Crippen LogP contribution in [0.1, 0.15) is 46.4 Å². The molecule has 1 aromatic heterocycles. The van der Waals surface area contributed by atoms with Crippen molar-refractivity contribution in [3.05, 3.63) is 77.0 Å². The fourth-order valence-corrected chi connectivity index (χ4v) is 5.10. The lowest BCUT2D eigenvalue weighted by molar-refractivity contribution is -0.140. The van der Waals surface area contributed by atoms with E-state index in [1.54, 1.807) is 0 Å². The summed E-state index contributed by atoms with van der Waals surface area (Å²) in [6.07, 6.45) is 1.70. The van der Waals surface area contributed by atoms with Gasteiger partial charge in [-0.2, -0.15) is 0 Å². The molecule has 7 nitrogen and oxygen atoms in total. The standard InChI is InChI=1S/C28H30N4O3/c1-18-8-9-21-15-23(19(2)29-24(21)14-18)27(34)30-22-10-12-31(13-11-22)25-16-26(33)32(28(25)35)17-20-6-4-3-5-7-20/h3-9,14-15,22,25H,10-13,16-17H2,1-2H3,(H,30,34)/t25-/m0/s1. The van der Waals surface area contributed by atoms with Crippen LogP contribution in [0.4, 0.5) is 0 Å². The molecule has 5 rings (SSSR count). The third-order valence-electron chi connectivity index (χ3n) is 7.12. The molecule has 3 heterocycles. The summed E-state index contributed by atoms with van der Waals surface area (Å²) in [5, 5.41) is 4.11. The third-order valence-corrected chi connectivity index (χ3v) is 7.12. The molecule has 1 atom stereocenters. The minimum absolute atomic E-state index is 0.0273. The van der Waals surface area contributed by atoms with Crippen molar-refractivity contribution in [1.29, 1.82) is 0 Å². The van der Waals surface area contributed by atoms with Gasteiger partial charge in [0.25, 0.3) is 5.91 Å². The number of imide groups is 1. The number of nitrogens with one attached hydrogen (secondary N) is 1. The van der Waals surface area contributed by atoms with Crippen LogP contribution in [0.15, 0.2) is 54.6 Å². The van der Waals surface area contributed by atoms with Gasteiger partial charge in [0.05, 0.1) is 35.8 Å². The predicted molar refractivity (Wildman–Crippen MR) is 134 cm³/mol. The van der Waals surface area contributed by atoms with Crippen molar-refractivity contribution < 1.29 is 14.4 Å². The summed E-state index contributed by atoms with van der Waals surface area (Å²) in [4.78, 5) is 46.7. The zero-order valence-corrected chi connectivity index (χ0v) is 20.2. The zero-order chi connectivity index (χ0) is 24.5. The molecule has 2 saturated heterocycles. The predicted octanol–water partition coefficient (Wildman–Crippen LogP) is 3.37. The molecule has 2 aliphatic heterocycles. The van der Waals surface area contributed by atoms with E-state index < -0.39 is 6.04 Å². The highest BCUT2D eigenvalue weighted by atomic mass is 16.2. The van der Waals surface area contributed by atoms with Crippen molar-refractivity contribution in [2.45, 2.75) is 51.7 Å². The van der Waals surface area contributed by atoms with Crippen LogP contribution in [0.5, 0.6) is 0 Å². The van der Waals surface area contributed by atoms with E-state index in [-0.39, 0.29) is 30.2 Å². The van der Waals surface area contributed by atoms with Crippen LogP contribution in [0.2, 0.25) is 0 Å². The first-order valence-electron chi connectivity index (χ1n) is 12.2. The first-order valence-corrected chi connectivity index (χ1v) is 12.2. The van der Waals surface area contributed by atoms with E-state index in [4.69, 9.17) is 0 Å². The molecule has 1 N–H and O–H groups in total. The van der Waals surface area contributed by atoms with E-state index in [1.165, 1.54) is 4.90 Å². The number of rotatable bonds is 5. The van der Waals surface area contributed by atoms with E-state index >= 15 is 0 Å². The molecule has 0 radical (unpaired) electrons. The topological polar surface area (TPSA) is 82.6 Å². The van der Waals surface area contributed by atoms with Crippen LogP contribution in [-0.4, -0.2) is 57.7 Å². The number of hydrogen-bond donors (Lipinski definition) is 1. The Morgan fingerprint density at radius 3 is 2.51 bits per heavy atom. The molecule has 180 valence electrons. The van der Waals surface area contributed by atoms with E-state index in [0.29, 0.717) is 30.9 Å². The van der Waals surface area contributed by atoms with Gasteiger partial charge in [0.2, 0.25) is 11.8 Å². The second kappa shape index (κ2) is 9.58. The molecular formula is C28H30N4O3. The summed E-state index contributed by atoms with van der Waals surface area (Å²) >= 11 is 0. The van der Waals surface area contributed by atoms with Crippen LogP contribution >= 0.6 is 0 Å². The highest BCUT2D eigenvalue weighted by molar-refractivity contribution is 6.05. The molecule has 2 aliphatic rings. The van der Waals surface area contributed by atoms with Gasteiger partial charge in [0.15, 0.2) is 0 Å². The molecule has 0 unspecified atom stereocenters. The number of benzene rings is 2. The smallest absolute Gasteiger partial charge is 0.253 e. The molecule has 3 aromatic rings. The molecule has 0 saturated carbocycles. The Labute approximate surface area is 205 Å². The minimum atomic E-state index is -0.404. The Hall–Kier alpha value is -3.58. The average Bonchev–Trinajstić information content (AvgIpc) is 3.13. The molecule has 0 aliphatic carbocycles. The van der Waals surface area contributed by atoms with E-state index in [0.717, 1.165) is 34.9 Å². The lowest BCUT2D eigenvalue weighted by Crippen LogP contribution is -2.50. The number of piperidine rings is 1. The third kappa shape index (κ3) is 4.82. The van der Waals surface area contributed by atoms with Gasteiger partial charge in [-0.15, -0.1) is 0 Å². The molecule has 2 aromatic carbocycles. The maximum Gasteiger partial charge on any atom is 0.253 e. The maximum atomic E-state index is 13.0. The lowest BCUT2D eigenvalue weighted by Gasteiger charge is -2.35. The number of carbonyl (C=O) groups excluding carboxylic acids is 3. The molecule has 0 spiro atoms. The molecule has 35 heavy (non-hydrogen) atoms. The zero-order valence-electron chi connectivity index (χ0n) is 20.2. The highest BCUT2D eigenvalue weighted by Crippen LogP contribution is 2.25. The number of fused-ring (bicyclic) bond motifs is 1. The second-order valence-corrected chi connectivity index (χ2v) is 9.62. The number of nitrogens with zero attached hydrogens (tertiary/aromatic N) is 3. The minimum Gasteiger partial charge on any atom is -0.349 e. The van der Waals surface area contributed by atoms with Gasteiger partial charge in [0.1, 0.15) is 0 Å². The lowest BCUT2D eigenvalue weighted by atomic mass is 10.0. The van der Waals surface area contributed by atoms with Crippen LogP contribution < -0.4 is 5.32 Å². The summed E-state index contributed by atoms with van der Waals surface area (Å²) in [7, 11) is 0. The van der Waals surface area contributed by atoms with E-state index in [2.05, 4.69) is 15.2 Å². The first-order chi connectivity index (χ1) is 16.9. The van der Waals surface area contributed by atoms with Crippen molar-refractivity contribution >= 4 is 28.6 Å². The van der Waals surface area contributed by atoms with Gasteiger partial charge in [-0.25, -0.2) is 0 Å². The quantitative estimate of drug-likeness (QED) is 0.578. The largest absolute Gasteiger partial charge is 0.349 e. The maximum absolute atomic E-state index is 13.0. The van der Waals surface area contributed by atoms with Gasteiger partial charge >= 0.3 is 0 Å². The van der Waals surface area contributed by atoms with Crippen LogP contribution in [0, 0.1) is 13.8 Å². The number of aryl methyl sites for hydroxylation is 2. The van der Waals surface area contributed by atoms with Crippen LogP contribution in [0.3, 0.4) is 0 Å². The summed E-state index contributed by atoms with van der Waals surface area (Å²) in [6, 6.07) is 17.2. The summed E-state index contributed by atoms with van der Waals surface area (Å²) in [6.45, 7) is 5.55.